The minimum atomic E-state index is -2.50. The smallest absolute Gasteiger partial charge is 0.121 e. The van der Waals surface area contributed by atoms with Gasteiger partial charge in [0.15, 0.2) is 0 Å². The molecule has 0 saturated carbocycles. The van der Waals surface area contributed by atoms with Gasteiger partial charge in [-0.15, -0.1) is 54.1 Å². The second kappa shape index (κ2) is 16.9. The number of nitrogens with zero attached hydrogens (tertiary/aromatic N) is 3. The fourth-order valence-corrected chi connectivity index (χ4v) is 8.09. The quantitative estimate of drug-likeness (QED) is 0.123. The third-order valence-electron chi connectivity index (χ3n) is 10.8. The van der Waals surface area contributed by atoms with Gasteiger partial charge in [0.05, 0.1) is 22.4 Å². The summed E-state index contributed by atoms with van der Waals surface area (Å²) in [5.41, 5.74) is 6.81. The van der Waals surface area contributed by atoms with Crippen molar-refractivity contribution in [3.8, 4) is 28.3 Å². The van der Waals surface area contributed by atoms with E-state index in [-0.39, 0.29) is 31.2 Å². The van der Waals surface area contributed by atoms with Crippen LogP contribution in [-0.2, 0) is 26.5 Å². The van der Waals surface area contributed by atoms with E-state index in [1.807, 2.05) is 113 Å². The minimum absolute atomic E-state index is 0. The van der Waals surface area contributed by atoms with Crippen molar-refractivity contribution in [2.24, 2.45) is 5.41 Å². The average molecular weight is 981 g/mol. The molecule has 3 aromatic heterocycles. The van der Waals surface area contributed by atoms with Gasteiger partial charge in [-0.05, 0) is 98.6 Å². The molecule has 4 nitrogen and oxygen atoms in total. The Kier molecular flexibility index (Phi) is 9.36. The molecule has 0 N–H and O–H groups in total. The van der Waals surface area contributed by atoms with Crippen molar-refractivity contribution in [3.63, 3.8) is 0 Å². The van der Waals surface area contributed by atoms with E-state index >= 15 is 0 Å². The van der Waals surface area contributed by atoms with Gasteiger partial charge in [-0.1, -0.05) is 138 Å². The summed E-state index contributed by atoms with van der Waals surface area (Å²) < 4.78 is 67.8. The first-order valence-corrected chi connectivity index (χ1v) is 20.3. The van der Waals surface area contributed by atoms with E-state index in [0.717, 1.165) is 77.1 Å². The van der Waals surface area contributed by atoms with Crippen LogP contribution in [0, 0.1) is 24.4 Å². The van der Waals surface area contributed by atoms with E-state index in [2.05, 4.69) is 58.1 Å². The number of fused-ring (bicyclic) bond motifs is 7. The average Bonchev–Trinajstić information content (AvgIpc) is 3.85. The molecule has 307 valence electrons. The van der Waals surface area contributed by atoms with E-state index in [4.69, 9.17) is 19.0 Å². The van der Waals surface area contributed by atoms with Crippen LogP contribution in [0.25, 0.3) is 82.8 Å². The molecule has 0 bridgehead atoms. The predicted octanol–water partition coefficient (Wildman–Crippen LogP) is 15.4. The molecule has 10 aromatic rings. The van der Waals surface area contributed by atoms with Gasteiger partial charge in [-0.3, -0.25) is 4.98 Å². The van der Waals surface area contributed by atoms with E-state index in [9.17, 15) is 0 Å². The van der Waals surface area contributed by atoms with Crippen LogP contribution in [0.4, 0.5) is 0 Å². The summed E-state index contributed by atoms with van der Waals surface area (Å²) >= 11 is 0. The van der Waals surface area contributed by atoms with Crippen molar-refractivity contribution < 1.29 is 34.1 Å². The van der Waals surface area contributed by atoms with Gasteiger partial charge in [-0.2, -0.15) is 0 Å². The molecule has 0 aliphatic rings. The van der Waals surface area contributed by atoms with Crippen molar-refractivity contribution in [2.75, 3.05) is 0 Å². The SMILES string of the molecule is [2H]C(C)(C)c1cccc(C([2H])(C)C)c1-n1c(-c2[c-]cccc2)nc2ccccc21.[2H]C([2H])([2H])c1cnc(-c2[c-]ccc3c2oc2cc4c(ccc5ccccc54)cc23)cc1C([2H])([2H])C(C)(C)C.[Ir]. The van der Waals surface area contributed by atoms with Crippen LogP contribution in [0.2, 0.25) is 0 Å². The molecule has 10 rings (SSSR count). The largest absolute Gasteiger partial charge is 0.501 e. The maximum atomic E-state index is 8.85. The molecule has 0 aliphatic heterocycles. The van der Waals surface area contributed by atoms with Gasteiger partial charge < -0.3 is 14.0 Å². The Balaban J connectivity index is 0.000000188. The van der Waals surface area contributed by atoms with Gasteiger partial charge in [0.2, 0.25) is 0 Å². The fourth-order valence-electron chi connectivity index (χ4n) is 8.09. The Morgan fingerprint density at radius 3 is 2.21 bits per heavy atom. The molecule has 7 aromatic carbocycles. The number of pyridine rings is 1. The van der Waals surface area contributed by atoms with Crippen LogP contribution in [0.5, 0.6) is 0 Å². The fraction of sp³-hybridized carbons (Fsp3) is 0.214. The first kappa shape index (κ1) is 33.8. The number of benzene rings is 7. The second-order valence-electron chi connectivity index (χ2n) is 16.8. The maximum Gasteiger partial charge on any atom is 0.121 e. The summed E-state index contributed by atoms with van der Waals surface area (Å²) in [6, 6.07) is 50.2. The summed E-state index contributed by atoms with van der Waals surface area (Å²) in [6.45, 7) is 10.3. The molecule has 0 aliphatic carbocycles. The van der Waals surface area contributed by atoms with Crippen LogP contribution < -0.4 is 0 Å². The molecule has 0 unspecified atom stereocenters. The molecule has 61 heavy (non-hydrogen) atoms. The molecule has 0 fully saturated rings. The summed E-state index contributed by atoms with van der Waals surface area (Å²) in [5.74, 6) is -0.895. The summed E-state index contributed by atoms with van der Waals surface area (Å²) in [7, 11) is 0. The first-order chi connectivity index (χ1) is 31.5. The Morgan fingerprint density at radius 1 is 0.738 bits per heavy atom. The minimum Gasteiger partial charge on any atom is -0.501 e. The Bertz CT molecular complexity index is 3470. The number of para-hydroxylation sites is 3. The number of imidazole rings is 1. The number of aromatic nitrogens is 3. The van der Waals surface area contributed by atoms with Crippen LogP contribution in [0.1, 0.15) is 92.1 Å². The van der Waals surface area contributed by atoms with E-state index < -0.39 is 30.4 Å². The van der Waals surface area contributed by atoms with Gasteiger partial charge in [0, 0.05) is 47.0 Å². The molecule has 1 radical (unpaired) electrons. The van der Waals surface area contributed by atoms with Crippen LogP contribution in [0.15, 0.2) is 144 Å². The van der Waals surface area contributed by atoms with Crippen LogP contribution in [-0.4, -0.2) is 14.5 Å². The van der Waals surface area contributed by atoms with Gasteiger partial charge in [-0.25, -0.2) is 0 Å². The third kappa shape index (κ3) is 8.06. The second-order valence-corrected chi connectivity index (χ2v) is 16.8. The van der Waals surface area contributed by atoms with Crippen LogP contribution in [0.3, 0.4) is 0 Å². The van der Waals surface area contributed by atoms with E-state index in [1.165, 1.54) is 6.20 Å². The topological polar surface area (TPSA) is 43.9 Å². The normalized spacial score (nSPS) is 14.3. The van der Waals surface area contributed by atoms with Crippen molar-refractivity contribution >= 4 is 54.5 Å². The number of furan rings is 1. The Morgan fingerprint density at radius 2 is 1.48 bits per heavy atom. The van der Waals surface area contributed by atoms with Gasteiger partial charge in [0.25, 0.3) is 0 Å². The zero-order valence-corrected chi connectivity index (χ0v) is 37.8. The Labute approximate surface area is 382 Å². The van der Waals surface area contributed by atoms with Crippen molar-refractivity contribution in [3.05, 3.63) is 174 Å². The van der Waals surface area contributed by atoms with E-state index in [1.54, 1.807) is 32.9 Å². The van der Waals surface area contributed by atoms with Gasteiger partial charge in [0.1, 0.15) is 5.58 Å². The maximum absolute atomic E-state index is 8.85. The Hall–Kier alpha value is -5.87. The molecule has 0 atom stereocenters. The van der Waals surface area contributed by atoms with Crippen molar-refractivity contribution in [1.29, 1.82) is 0 Å². The zero-order chi connectivity index (χ0) is 47.8. The van der Waals surface area contributed by atoms with Crippen molar-refractivity contribution in [1.82, 2.24) is 14.5 Å². The summed E-state index contributed by atoms with van der Waals surface area (Å²) in [6.07, 6.45) is -0.647. The van der Waals surface area contributed by atoms with E-state index in [0.29, 0.717) is 16.8 Å². The first-order valence-electron chi connectivity index (χ1n) is 23.8. The molecular formula is C56H51IrN3O-2. The third-order valence-corrected chi connectivity index (χ3v) is 10.8. The molecule has 3 heterocycles. The molecule has 0 spiro atoms. The van der Waals surface area contributed by atoms with Crippen LogP contribution >= 0.6 is 0 Å². The molecule has 0 amide bonds. The molecule has 0 saturated heterocycles. The van der Waals surface area contributed by atoms with Gasteiger partial charge >= 0.3 is 0 Å². The zero-order valence-electron chi connectivity index (χ0n) is 42.4. The molecular weight excluding hydrogens is 923 g/mol. The number of rotatable bonds is 6. The number of aryl methyl sites for hydroxylation is 1. The summed E-state index contributed by atoms with van der Waals surface area (Å²) in [5, 5.41) is 6.36. The molecule has 5 heteroatoms. The number of hydrogen-bond donors (Lipinski definition) is 0. The predicted molar refractivity (Wildman–Crippen MR) is 252 cm³/mol. The standard InChI is InChI=1S/C31H26NO.C25H25N2.Ir/c1-19-18-32-28(15-22(19)17-31(2,3)4)25-11-7-10-24-27-14-21-13-12-20-8-5-6-9-23(20)26(21)16-29(27)33-30(24)25;1-17(2)20-13-10-14-21(18(3)4)24(20)27-23-16-9-8-15-22(23)26-25(27)19-11-6-5-7-12-19;/h5-10,12-16,18H,17H2,1-4H3;5-11,13-18H,1-4H3;/q2*-1;/i1D3,17D2;17D,18D;. The summed E-state index contributed by atoms with van der Waals surface area (Å²) in [4.78, 5) is 9.38. The van der Waals surface area contributed by atoms with Crippen molar-refractivity contribution in [2.45, 2.75) is 73.5 Å². The monoisotopic (exact) mass is 981 g/mol. The number of hydrogen-bond acceptors (Lipinski definition) is 3.